The van der Waals surface area contributed by atoms with Crippen LogP contribution in [0.2, 0.25) is 0 Å². The SMILES string of the molecule is CCCCCCc1cc(-c2ccc(-c3ccc(N(c4ccc(-c5ccc6c(c5)C(C)(C)c5cc(-c7ccc(N(c8ccccc8)c8ccc9c(c8)C(C)(C)c8ccccc8-9)cc7)ccc5-6)cc4)c4ccc5c(c4)C(C)(C)c4ccccc4-5)cc3C)cc2)c(CCCCCC)cc1-c1ccc(-c2ccc(N(c3ccccc3)c3ccc4c(c3)C(C)(C)c3ccccc3-4)cc2C)cc1. The molecule has 644 valence electrons. The van der Waals surface area contributed by atoms with Gasteiger partial charge in [0.15, 0.2) is 0 Å². The fourth-order valence-electron chi connectivity index (χ4n) is 22.7. The van der Waals surface area contributed by atoms with E-state index < -0.39 is 0 Å². The molecule has 0 N–H and O–H groups in total. The first-order valence-electron chi connectivity index (χ1n) is 48.0. The number of benzene rings is 17. The first-order chi connectivity index (χ1) is 63.7. The average molecular weight is 1700 g/mol. The molecule has 0 unspecified atom stereocenters. The first kappa shape index (κ1) is 84.0. The molecule has 0 aliphatic heterocycles. The molecule has 21 rings (SSSR count). The highest BCUT2D eigenvalue weighted by atomic mass is 15.2. The van der Waals surface area contributed by atoms with E-state index in [1.807, 2.05) is 0 Å². The highest BCUT2D eigenvalue weighted by molar-refractivity contribution is 5.93. The Kier molecular flexibility index (Phi) is 21.7. The van der Waals surface area contributed by atoms with Crippen molar-refractivity contribution in [3.63, 3.8) is 0 Å². The second kappa shape index (κ2) is 33.9. The van der Waals surface area contributed by atoms with Crippen molar-refractivity contribution in [2.75, 3.05) is 14.7 Å². The third kappa shape index (κ3) is 14.9. The van der Waals surface area contributed by atoms with Gasteiger partial charge in [-0.15, -0.1) is 0 Å². The van der Waals surface area contributed by atoms with Gasteiger partial charge in [-0.05, 0) is 339 Å². The topological polar surface area (TPSA) is 9.72 Å². The highest BCUT2D eigenvalue weighted by Crippen LogP contribution is 2.57. The molecule has 0 amide bonds. The number of hydrogen-bond donors (Lipinski definition) is 0. The van der Waals surface area contributed by atoms with E-state index in [1.54, 1.807) is 0 Å². The van der Waals surface area contributed by atoms with E-state index >= 15 is 0 Å². The summed E-state index contributed by atoms with van der Waals surface area (Å²) < 4.78 is 0. The van der Waals surface area contributed by atoms with Gasteiger partial charge in [0.05, 0.1) is 0 Å². The molecule has 17 aromatic rings. The van der Waals surface area contributed by atoms with Crippen LogP contribution in [0.4, 0.5) is 51.2 Å². The quantitative estimate of drug-likeness (QED) is 0.0528. The maximum Gasteiger partial charge on any atom is 0.0465 e. The predicted octanol–water partition coefficient (Wildman–Crippen LogP) is 36.2. The van der Waals surface area contributed by atoms with Crippen LogP contribution in [0.25, 0.3) is 111 Å². The largest absolute Gasteiger partial charge is 0.310 e. The molecule has 0 atom stereocenters. The number of para-hydroxylation sites is 2. The van der Waals surface area contributed by atoms with E-state index in [1.165, 1.54) is 235 Å². The molecule has 131 heavy (non-hydrogen) atoms. The standard InChI is InChI=1S/C128H117N3/c1-13-15-17-21-33-94-78-116(95(34-22-18-16-14-2)77-115(94)90-49-45-88(46-50-90)105-70-63-100(75-84(105)3)130(97-37-25-20-26-38-97)103-66-73-113-108-40-28-31-43-118(108)126(7,8)123(113)82-103)91-51-47-89(48-52-91)106-71-64-101(76-85(106)4)131(104-67-74-114-109-41-29-32-44-119(109)127(9,10)124(114)83-104)99-61-55-87(56-62-99)93-58-69-111-110-68-57-92(79-120(110)128(11,12)121(111)80-93)86-53-59-98(60-54-86)129(96-35-23-19-24-36-96)102-65-72-112-107-39-27-30-42-117(107)125(5,6)122(112)81-102/h19-20,23-32,35-83H,13-18,21-22,33-34H2,1-12H3. The fraction of sp³-hybridized carbons (Fsp3) is 0.203. The Bertz CT molecular complexity index is 7220. The molecule has 0 saturated heterocycles. The lowest BCUT2D eigenvalue weighted by atomic mass is 9.81. The number of unbranched alkanes of at least 4 members (excludes halogenated alkanes) is 6. The second-order valence-corrected chi connectivity index (χ2v) is 39.6. The Balaban J connectivity index is 0.559. The lowest BCUT2D eigenvalue weighted by Gasteiger charge is -2.29. The molecule has 0 bridgehead atoms. The zero-order valence-electron chi connectivity index (χ0n) is 78.1. The van der Waals surface area contributed by atoms with Crippen LogP contribution >= 0.6 is 0 Å². The average Bonchev–Trinajstić information content (AvgIpc) is 1.60. The number of rotatable bonds is 25. The van der Waals surface area contributed by atoms with Crippen LogP contribution in [0.15, 0.2) is 370 Å². The summed E-state index contributed by atoms with van der Waals surface area (Å²) in [7, 11) is 0. The number of hydrogen-bond acceptors (Lipinski definition) is 3. The number of fused-ring (bicyclic) bond motifs is 12. The van der Waals surface area contributed by atoms with Crippen molar-refractivity contribution in [2.24, 2.45) is 0 Å². The van der Waals surface area contributed by atoms with Gasteiger partial charge in [0.2, 0.25) is 0 Å². The minimum Gasteiger partial charge on any atom is -0.310 e. The Morgan fingerprint density at radius 3 is 0.740 bits per heavy atom. The number of aryl methyl sites for hydroxylation is 4. The first-order valence-corrected chi connectivity index (χ1v) is 48.0. The molecule has 17 aromatic carbocycles. The zero-order valence-corrected chi connectivity index (χ0v) is 78.1. The van der Waals surface area contributed by atoms with Gasteiger partial charge in [0.25, 0.3) is 0 Å². The maximum absolute atomic E-state index is 2.60. The van der Waals surface area contributed by atoms with Crippen molar-refractivity contribution in [1.82, 2.24) is 0 Å². The molecule has 3 heteroatoms. The van der Waals surface area contributed by atoms with Crippen molar-refractivity contribution in [3.05, 3.63) is 437 Å². The summed E-state index contributed by atoms with van der Waals surface area (Å²) in [4.78, 5) is 7.32. The molecule has 4 aliphatic carbocycles. The van der Waals surface area contributed by atoms with E-state index in [0.29, 0.717) is 0 Å². The molecular formula is C128H117N3. The van der Waals surface area contributed by atoms with E-state index in [9.17, 15) is 0 Å². The third-order valence-electron chi connectivity index (χ3n) is 30.0. The monoisotopic (exact) mass is 1700 g/mol. The summed E-state index contributed by atoms with van der Waals surface area (Å²) in [6.45, 7) is 28.3. The molecule has 0 saturated carbocycles. The highest BCUT2D eigenvalue weighted by Gasteiger charge is 2.41. The molecule has 0 radical (unpaired) electrons. The minimum atomic E-state index is -0.231. The van der Waals surface area contributed by atoms with Gasteiger partial charge in [0, 0.05) is 72.8 Å². The van der Waals surface area contributed by atoms with E-state index in [2.05, 4.69) is 468 Å². The Morgan fingerprint density at radius 1 is 0.176 bits per heavy atom. The number of nitrogens with zero attached hydrogens (tertiary/aromatic N) is 3. The molecule has 4 aliphatic rings. The summed E-state index contributed by atoms with van der Waals surface area (Å²) in [6.07, 6.45) is 11.8. The molecule has 0 aromatic heterocycles. The second-order valence-electron chi connectivity index (χ2n) is 39.6. The fourth-order valence-corrected chi connectivity index (χ4v) is 22.7. The van der Waals surface area contributed by atoms with Crippen molar-refractivity contribution in [3.8, 4) is 111 Å². The van der Waals surface area contributed by atoms with Crippen LogP contribution in [0.5, 0.6) is 0 Å². The molecule has 0 fully saturated rings. The van der Waals surface area contributed by atoms with Crippen molar-refractivity contribution in [1.29, 1.82) is 0 Å². The van der Waals surface area contributed by atoms with Gasteiger partial charge < -0.3 is 14.7 Å². The van der Waals surface area contributed by atoms with Gasteiger partial charge in [0.1, 0.15) is 0 Å². The van der Waals surface area contributed by atoms with Gasteiger partial charge in [-0.25, -0.2) is 0 Å². The molecule has 0 heterocycles. The van der Waals surface area contributed by atoms with Crippen LogP contribution < -0.4 is 14.7 Å². The summed E-state index contributed by atoms with van der Waals surface area (Å²) in [5.41, 5.74) is 51.7. The van der Waals surface area contributed by atoms with Crippen LogP contribution in [0.3, 0.4) is 0 Å². The molecule has 0 spiro atoms. The predicted molar refractivity (Wildman–Crippen MR) is 559 cm³/mol. The van der Waals surface area contributed by atoms with Crippen molar-refractivity contribution >= 4 is 51.2 Å². The van der Waals surface area contributed by atoms with Crippen LogP contribution in [0, 0.1) is 13.8 Å². The third-order valence-corrected chi connectivity index (χ3v) is 30.0. The summed E-state index contributed by atoms with van der Waals surface area (Å²) in [5, 5.41) is 0. The Hall–Kier alpha value is -13.9. The lowest BCUT2D eigenvalue weighted by Crippen LogP contribution is -2.16. The number of anilines is 9. The summed E-state index contributed by atoms with van der Waals surface area (Å²) in [6, 6.07) is 141. The van der Waals surface area contributed by atoms with Crippen molar-refractivity contribution in [2.45, 2.75) is 169 Å². The lowest BCUT2D eigenvalue weighted by molar-refractivity contribution is 0.660. The Labute approximate surface area is 777 Å². The van der Waals surface area contributed by atoms with Crippen LogP contribution in [-0.2, 0) is 34.5 Å². The minimum absolute atomic E-state index is 0.102. The Morgan fingerprint density at radius 2 is 0.412 bits per heavy atom. The van der Waals surface area contributed by atoms with Gasteiger partial charge in [-0.2, -0.15) is 0 Å². The maximum atomic E-state index is 2.60. The zero-order chi connectivity index (χ0) is 89.6. The molecule has 3 nitrogen and oxygen atoms in total. The normalized spacial score (nSPS) is 13.9. The smallest absolute Gasteiger partial charge is 0.0465 e. The molecular weight excluding hydrogens is 1580 g/mol. The van der Waals surface area contributed by atoms with Crippen LogP contribution in [0.1, 0.15) is 187 Å². The van der Waals surface area contributed by atoms with Crippen LogP contribution in [-0.4, -0.2) is 0 Å². The van der Waals surface area contributed by atoms with Gasteiger partial charge in [-0.3, -0.25) is 0 Å². The van der Waals surface area contributed by atoms with E-state index in [-0.39, 0.29) is 21.7 Å². The summed E-state index contributed by atoms with van der Waals surface area (Å²) in [5.74, 6) is 0. The van der Waals surface area contributed by atoms with Crippen molar-refractivity contribution < 1.29 is 0 Å². The van der Waals surface area contributed by atoms with Gasteiger partial charge in [-0.1, -0.05) is 356 Å². The van der Waals surface area contributed by atoms with E-state index in [4.69, 9.17) is 0 Å². The van der Waals surface area contributed by atoms with E-state index in [0.717, 1.165) is 58.3 Å². The van der Waals surface area contributed by atoms with Gasteiger partial charge >= 0.3 is 0 Å². The summed E-state index contributed by atoms with van der Waals surface area (Å²) >= 11 is 0.